The zero-order chi connectivity index (χ0) is 37.5. The lowest BCUT2D eigenvalue weighted by atomic mass is 9.82. The van der Waals surface area contributed by atoms with Crippen molar-refractivity contribution < 1.29 is 0 Å². The highest BCUT2D eigenvalue weighted by Crippen LogP contribution is 2.50. The Balaban J connectivity index is 0.862. The van der Waals surface area contributed by atoms with Crippen molar-refractivity contribution in [1.29, 1.82) is 0 Å². The summed E-state index contributed by atoms with van der Waals surface area (Å²) in [7, 11) is 0. The molecule has 268 valence electrons. The molecule has 0 saturated heterocycles. The van der Waals surface area contributed by atoms with Gasteiger partial charge in [-0.2, -0.15) is 0 Å². The van der Waals surface area contributed by atoms with E-state index in [9.17, 15) is 0 Å². The van der Waals surface area contributed by atoms with Crippen molar-refractivity contribution in [3.63, 3.8) is 0 Å². The Morgan fingerprint density at radius 1 is 0.421 bits per heavy atom. The fraction of sp³-hybridized carbons (Fsp3) is 0.0714. The van der Waals surface area contributed by atoms with Gasteiger partial charge in [0.25, 0.3) is 0 Å². The second-order valence-corrected chi connectivity index (χ2v) is 17.1. The molecule has 12 rings (SSSR count). The standard InChI is InChI=1S/C56H38S/c1-4-16-49-43(12-1)44-13-2-6-18-51(44)56-52-33-41(28-30-46(52)45-14-3-5-17-50(45)55(49)56)40-11-9-10-39(32-40)37-24-20-35(21-25-37)36-22-26-38(27-23-36)42-29-31-48-47-15-7-8-19-53(47)57-54(48)34-42/h1-26,28-34,38,48,54H,27H2. The van der Waals surface area contributed by atoms with Crippen LogP contribution in [0.25, 0.3) is 81.7 Å². The minimum atomic E-state index is 0.433. The molecule has 0 nitrogen and oxygen atoms in total. The van der Waals surface area contributed by atoms with Gasteiger partial charge >= 0.3 is 0 Å². The molecule has 9 aromatic carbocycles. The molecule has 0 spiro atoms. The topological polar surface area (TPSA) is 0 Å². The molecule has 57 heavy (non-hydrogen) atoms. The maximum Gasteiger partial charge on any atom is 0.0384 e. The van der Waals surface area contributed by atoms with Gasteiger partial charge in [-0.1, -0.05) is 182 Å². The highest BCUT2D eigenvalue weighted by Gasteiger charge is 2.33. The molecule has 0 saturated carbocycles. The first-order valence-corrected chi connectivity index (χ1v) is 21.1. The third kappa shape index (κ3) is 5.30. The minimum Gasteiger partial charge on any atom is -0.117 e. The summed E-state index contributed by atoms with van der Waals surface area (Å²) in [6, 6.07) is 61.0. The monoisotopic (exact) mass is 742 g/mol. The summed E-state index contributed by atoms with van der Waals surface area (Å²) < 4.78 is 0. The zero-order valence-corrected chi connectivity index (χ0v) is 32.2. The van der Waals surface area contributed by atoms with Gasteiger partial charge in [0.1, 0.15) is 0 Å². The van der Waals surface area contributed by atoms with Gasteiger partial charge < -0.3 is 0 Å². The molecule has 0 radical (unpaired) electrons. The summed E-state index contributed by atoms with van der Waals surface area (Å²) in [5.74, 6) is 0.936. The molecule has 0 fully saturated rings. The van der Waals surface area contributed by atoms with Crippen LogP contribution in [0.2, 0.25) is 0 Å². The lowest BCUT2D eigenvalue weighted by molar-refractivity contribution is 0.760. The van der Waals surface area contributed by atoms with Gasteiger partial charge in [0.05, 0.1) is 0 Å². The molecule has 0 bridgehead atoms. The molecule has 2 aliphatic carbocycles. The fourth-order valence-electron chi connectivity index (χ4n) is 9.94. The van der Waals surface area contributed by atoms with Crippen molar-refractivity contribution in [3.8, 4) is 22.3 Å². The fourth-order valence-corrected chi connectivity index (χ4v) is 11.3. The first kappa shape index (κ1) is 32.8. The van der Waals surface area contributed by atoms with E-state index in [0.29, 0.717) is 17.1 Å². The van der Waals surface area contributed by atoms with Crippen molar-refractivity contribution in [2.24, 2.45) is 5.92 Å². The second-order valence-electron chi connectivity index (χ2n) is 15.8. The summed E-state index contributed by atoms with van der Waals surface area (Å²) in [4.78, 5) is 1.44. The molecule has 1 aliphatic heterocycles. The van der Waals surface area contributed by atoms with Crippen molar-refractivity contribution in [1.82, 2.24) is 0 Å². The number of thioether (sulfide) groups is 1. The van der Waals surface area contributed by atoms with Crippen LogP contribution in [-0.2, 0) is 0 Å². The highest BCUT2D eigenvalue weighted by atomic mass is 32.2. The van der Waals surface area contributed by atoms with Gasteiger partial charge in [0.15, 0.2) is 0 Å². The molecule has 1 heterocycles. The Hall–Kier alpha value is -6.41. The van der Waals surface area contributed by atoms with Crippen molar-refractivity contribution in [2.45, 2.75) is 22.5 Å². The van der Waals surface area contributed by atoms with E-state index >= 15 is 0 Å². The van der Waals surface area contributed by atoms with Crippen LogP contribution in [0.3, 0.4) is 0 Å². The quantitative estimate of drug-likeness (QED) is 0.162. The van der Waals surface area contributed by atoms with Crippen molar-refractivity contribution >= 4 is 71.2 Å². The van der Waals surface area contributed by atoms with Gasteiger partial charge in [-0.15, -0.1) is 11.8 Å². The minimum absolute atomic E-state index is 0.433. The van der Waals surface area contributed by atoms with Gasteiger partial charge in [0, 0.05) is 22.0 Å². The van der Waals surface area contributed by atoms with Crippen molar-refractivity contribution in [2.75, 3.05) is 0 Å². The maximum absolute atomic E-state index is 2.53. The Morgan fingerprint density at radius 3 is 1.67 bits per heavy atom. The first-order chi connectivity index (χ1) is 28.2. The van der Waals surface area contributed by atoms with Gasteiger partial charge in [0.2, 0.25) is 0 Å². The summed E-state index contributed by atoms with van der Waals surface area (Å²) in [5.41, 5.74) is 10.4. The van der Waals surface area contributed by atoms with Crippen LogP contribution in [-0.4, -0.2) is 5.25 Å². The van der Waals surface area contributed by atoms with Crippen LogP contribution < -0.4 is 0 Å². The summed E-state index contributed by atoms with van der Waals surface area (Å²) in [5, 5.41) is 13.6. The van der Waals surface area contributed by atoms with E-state index in [2.05, 4.69) is 200 Å². The predicted octanol–water partition coefficient (Wildman–Crippen LogP) is 15.5. The molecular weight excluding hydrogens is 705 g/mol. The number of rotatable bonds is 4. The van der Waals surface area contributed by atoms with E-state index < -0.39 is 0 Å². The largest absolute Gasteiger partial charge is 0.117 e. The molecule has 3 atom stereocenters. The van der Waals surface area contributed by atoms with E-state index in [1.54, 1.807) is 0 Å². The summed E-state index contributed by atoms with van der Waals surface area (Å²) >= 11 is 2.02. The van der Waals surface area contributed by atoms with Gasteiger partial charge in [-0.3, -0.25) is 0 Å². The van der Waals surface area contributed by atoms with Crippen LogP contribution in [0.5, 0.6) is 0 Å². The van der Waals surface area contributed by atoms with E-state index in [0.717, 1.165) is 6.42 Å². The summed E-state index contributed by atoms with van der Waals surface area (Å²) in [6.07, 6.45) is 15.5. The molecule has 3 unspecified atom stereocenters. The second kappa shape index (κ2) is 13.1. The number of hydrogen-bond acceptors (Lipinski definition) is 1. The van der Waals surface area contributed by atoms with Crippen LogP contribution in [0.4, 0.5) is 0 Å². The Morgan fingerprint density at radius 2 is 0.982 bits per heavy atom. The molecular formula is C56H38S. The van der Waals surface area contributed by atoms with Crippen LogP contribution in [0.1, 0.15) is 23.5 Å². The Bertz CT molecular complexity index is 3230. The smallest absolute Gasteiger partial charge is 0.0384 e. The predicted molar refractivity (Wildman–Crippen MR) is 246 cm³/mol. The molecule has 0 amide bonds. The molecule has 3 aliphatic rings. The first-order valence-electron chi connectivity index (χ1n) is 20.2. The van der Waals surface area contributed by atoms with Gasteiger partial charge in [-0.25, -0.2) is 0 Å². The molecule has 0 N–H and O–H groups in total. The lowest BCUT2D eigenvalue weighted by Crippen LogP contribution is -2.13. The molecule has 9 aromatic rings. The summed E-state index contributed by atoms with van der Waals surface area (Å²) in [6.45, 7) is 0. The van der Waals surface area contributed by atoms with E-state index in [1.807, 2.05) is 11.8 Å². The van der Waals surface area contributed by atoms with Crippen LogP contribution in [0.15, 0.2) is 211 Å². The number of allylic oxidation sites excluding steroid dienone is 7. The zero-order valence-electron chi connectivity index (χ0n) is 31.4. The average molecular weight is 743 g/mol. The van der Waals surface area contributed by atoms with Crippen LogP contribution >= 0.6 is 11.8 Å². The average Bonchev–Trinajstić information content (AvgIpc) is 3.67. The third-order valence-corrected chi connectivity index (χ3v) is 14.1. The maximum atomic E-state index is 2.53. The number of hydrogen-bond donors (Lipinski definition) is 0. The SMILES string of the molecule is C1=CC(C2=CC3Sc4ccccc4C3C=C2)CC=C1c1ccc(-c2cccc(-c3ccc4c5ccccc5c5c6ccccc6c6ccccc6c5c4c3)c2)cc1. The van der Waals surface area contributed by atoms with E-state index in [4.69, 9.17) is 0 Å². The Kier molecular flexibility index (Phi) is 7.53. The van der Waals surface area contributed by atoms with E-state index in [1.165, 1.54) is 103 Å². The van der Waals surface area contributed by atoms with E-state index in [-0.39, 0.29) is 0 Å². The van der Waals surface area contributed by atoms with Crippen LogP contribution in [0, 0.1) is 5.92 Å². The third-order valence-electron chi connectivity index (χ3n) is 12.7. The molecule has 1 heteroatoms. The van der Waals surface area contributed by atoms with Crippen molar-refractivity contribution in [3.05, 3.63) is 217 Å². The normalized spacial score (nSPS) is 18.6. The highest BCUT2D eigenvalue weighted by molar-refractivity contribution is 8.00. The number of benzene rings is 9. The number of fused-ring (bicyclic) bond motifs is 14. The lowest BCUT2D eigenvalue weighted by Gasteiger charge is -2.24. The van der Waals surface area contributed by atoms with Gasteiger partial charge in [-0.05, 0) is 123 Å². The Labute approximate surface area is 337 Å². The molecule has 0 aromatic heterocycles.